The van der Waals surface area contributed by atoms with E-state index < -0.39 is 11.7 Å². The number of amides is 1. The van der Waals surface area contributed by atoms with Crippen molar-refractivity contribution in [3.63, 3.8) is 0 Å². The Morgan fingerprint density at radius 1 is 1.23 bits per heavy atom. The summed E-state index contributed by atoms with van der Waals surface area (Å²) in [6, 6.07) is 7.88. The second kappa shape index (κ2) is 6.02. The number of pyridine rings is 1. The third kappa shape index (κ3) is 3.26. The van der Waals surface area contributed by atoms with E-state index in [0.29, 0.717) is 16.9 Å². The van der Waals surface area contributed by atoms with Crippen LogP contribution in [-0.4, -0.2) is 15.3 Å². The van der Waals surface area contributed by atoms with E-state index in [0.717, 1.165) is 25.1 Å². The quantitative estimate of drug-likeness (QED) is 0.694. The molecule has 4 nitrogen and oxygen atoms in total. The summed E-state index contributed by atoms with van der Waals surface area (Å²) >= 11 is 5.97. The molecule has 1 saturated carbocycles. The highest BCUT2D eigenvalue weighted by molar-refractivity contribution is 6.33. The Labute approximate surface area is 151 Å². The van der Waals surface area contributed by atoms with Crippen LogP contribution in [-0.2, 0) is 11.0 Å². The number of carbonyl (C=O) groups is 1. The summed E-state index contributed by atoms with van der Waals surface area (Å²) in [6.45, 7) is 0. The lowest BCUT2D eigenvalue weighted by molar-refractivity contribution is -0.137. The fourth-order valence-electron chi connectivity index (χ4n) is 2.70. The summed E-state index contributed by atoms with van der Waals surface area (Å²) in [5.74, 6) is 0.0588. The topological polar surface area (TPSA) is 46.4 Å². The van der Waals surface area contributed by atoms with Gasteiger partial charge < -0.3 is 9.72 Å². The molecule has 1 amide bonds. The van der Waals surface area contributed by atoms with Crippen molar-refractivity contribution in [3.05, 3.63) is 53.3 Å². The molecule has 4 rings (SSSR count). The third-order valence-corrected chi connectivity index (χ3v) is 4.49. The van der Waals surface area contributed by atoms with Gasteiger partial charge >= 0.3 is 6.18 Å². The van der Waals surface area contributed by atoms with Crippen LogP contribution in [0.15, 0.2) is 42.7 Å². The average molecular weight is 380 g/mol. The van der Waals surface area contributed by atoms with Gasteiger partial charge in [0.25, 0.3) is 0 Å². The number of hydrogen-bond acceptors (Lipinski definition) is 2. The normalized spacial score (nSPS) is 14.6. The van der Waals surface area contributed by atoms with Gasteiger partial charge in [-0.3, -0.25) is 4.79 Å². The molecule has 1 N–H and O–H groups in total. The molecule has 1 aliphatic carbocycles. The highest BCUT2D eigenvalue weighted by Gasteiger charge is 2.32. The Morgan fingerprint density at radius 3 is 2.69 bits per heavy atom. The van der Waals surface area contributed by atoms with Crippen LogP contribution in [0.4, 0.5) is 18.9 Å². The number of alkyl halides is 3. The van der Waals surface area contributed by atoms with Crippen LogP contribution >= 0.6 is 11.6 Å². The van der Waals surface area contributed by atoms with Crippen LogP contribution in [0.3, 0.4) is 0 Å². The van der Waals surface area contributed by atoms with Crippen molar-refractivity contribution in [2.45, 2.75) is 19.0 Å². The largest absolute Gasteiger partial charge is 0.417 e. The summed E-state index contributed by atoms with van der Waals surface area (Å²) in [5.41, 5.74) is 1.16. The highest BCUT2D eigenvalue weighted by Crippen LogP contribution is 2.34. The van der Waals surface area contributed by atoms with Crippen LogP contribution in [0.2, 0.25) is 5.02 Å². The SMILES string of the molecule is O=C(Nc1cccc(-c2cn3cc(C(F)(F)F)cc(Cl)c3n2)c1)C1CC1. The molecule has 8 heteroatoms. The number of hydrogen-bond donors (Lipinski definition) is 1. The number of aromatic nitrogens is 2. The van der Waals surface area contributed by atoms with Crippen molar-refractivity contribution in [1.29, 1.82) is 0 Å². The molecule has 0 unspecified atom stereocenters. The van der Waals surface area contributed by atoms with Crippen molar-refractivity contribution in [2.24, 2.45) is 5.92 Å². The Kier molecular flexibility index (Phi) is 3.91. The van der Waals surface area contributed by atoms with Crippen LogP contribution in [0, 0.1) is 5.92 Å². The number of anilines is 1. The summed E-state index contributed by atoms with van der Waals surface area (Å²) in [6.07, 6.45) is -0.250. The van der Waals surface area contributed by atoms with E-state index in [1.165, 1.54) is 10.6 Å². The fraction of sp³-hybridized carbons (Fsp3) is 0.222. The van der Waals surface area contributed by atoms with Crippen LogP contribution < -0.4 is 5.32 Å². The van der Waals surface area contributed by atoms with Crippen molar-refractivity contribution >= 4 is 28.8 Å². The summed E-state index contributed by atoms with van der Waals surface area (Å²) in [5, 5.41) is 2.76. The second-order valence-electron chi connectivity index (χ2n) is 6.28. The average Bonchev–Trinajstić information content (AvgIpc) is 3.33. The predicted octanol–water partition coefficient (Wildman–Crippen LogP) is 5.02. The van der Waals surface area contributed by atoms with E-state index in [4.69, 9.17) is 11.6 Å². The number of benzene rings is 1. The van der Waals surface area contributed by atoms with Gasteiger partial charge in [0.2, 0.25) is 5.91 Å². The van der Waals surface area contributed by atoms with Crippen molar-refractivity contribution < 1.29 is 18.0 Å². The molecule has 2 heterocycles. The maximum Gasteiger partial charge on any atom is 0.417 e. The maximum absolute atomic E-state index is 12.9. The van der Waals surface area contributed by atoms with Crippen LogP contribution in [0.25, 0.3) is 16.9 Å². The number of imidazole rings is 1. The Hall–Kier alpha value is -2.54. The Morgan fingerprint density at radius 2 is 2.00 bits per heavy atom. The summed E-state index contributed by atoms with van der Waals surface area (Å²) in [7, 11) is 0. The number of rotatable bonds is 3. The summed E-state index contributed by atoms with van der Waals surface area (Å²) in [4.78, 5) is 16.2. The lowest BCUT2D eigenvalue weighted by atomic mass is 10.1. The van der Waals surface area contributed by atoms with E-state index >= 15 is 0 Å². The molecule has 0 atom stereocenters. The molecule has 0 aliphatic heterocycles. The van der Waals surface area contributed by atoms with Crippen molar-refractivity contribution in [3.8, 4) is 11.3 Å². The number of fused-ring (bicyclic) bond motifs is 1. The van der Waals surface area contributed by atoms with Gasteiger partial charge in [-0.15, -0.1) is 0 Å². The standard InChI is InChI=1S/C18H13ClF3N3O/c19-14-7-12(18(20,21)22)8-25-9-15(24-16(14)25)11-2-1-3-13(6-11)23-17(26)10-4-5-10/h1-3,6-10H,4-5H2,(H,23,26). The number of halogens is 4. The zero-order valence-electron chi connectivity index (χ0n) is 13.3. The third-order valence-electron chi connectivity index (χ3n) is 4.21. The molecule has 0 radical (unpaired) electrons. The first-order chi connectivity index (χ1) is 12.3. The smallest absolute Gasteiger partial charge is 0.326 e. The molecule has 1 fully saturated rings. The minimum absolute atomic E-state index is 0.0185. The first-order valence-corrected chi connectivity index (χ1v) is 8.36. The molecular weight excluding hydrogens is 367 g/mol. The Balaban J connectivity index is 1.70. The van der Waals surface area contributed by atoms with Gasteiger partial charge in [0.1, 0.15) is 0 Å². The monoisotopic (exact) mass is 379 g/mol. The minimum Gasteiger partial charge on any atom is -0.326 e. The van der Waals surface area contributed by atoms with Gasteiger partial charge in [-0.25, -0.2) is 4.98 Å². The molecule has 0 bridgehead atoms. The molecule has 2 aromatic heterocycles. The molecule has 0 spiro atoms. The molecule has 26 heavy (non-hydrogen) atoms. The molecule has 1 aliphatic rings. The Bertz CT molecular complexity index is 1010. The lowest BCUT2D eigenvalue weighted by Gasteiger charge is -2.07. The first kappa shape index (κ1) is 16.9. The zero-order chi connectivity index (χ0) is 18.5. The molecule has 1 aromatic carbocycles. The van der Waals surface area contributed by atoms with E-state index in [-0.39, 0.29) is 22.5 Å². The first-order valence-electron chi connectivity index (χ1n) is 7.98. The number of nitrogens with one attached hydrogen (secondary N) is 1. The zero-order valence-corrected chi connectivity index (χ0v) is 14.1. The maximum atomic E-state index is 12.9. The van der Waals surface area contributed by atoms with Gasteiger partial charge in [0, 0.05) is 29.6 Å². The molecule has 0 saturated heterocycles. The number of carbonyl (C=O) groups excluding carboxylic acids is 1. The van der Waals surface area contributed by atoms with Gasteiger partial charge in [-0.2, -0.15) is 13.2 Å². The van der Waals surface area contributed by atoms with Gasteiger partial charge in [-0.05, 0) is 31.0 Å². The summed E-state index contributed by atoms with van der Waals surface area (Å²) < 4.78 is 40.1. The fourth-order valence-corrected chi connectivity index (χ4v) is 2.95. The van der Waals surface area contributed by atoms with Crippen LogP contribution in [0.1, 0.15) is 18.4 Å². The molecular formula is C18H13ClF3N3O. The molecule has 3 aromatic rings. The van der Waals surface area contributed by atoms with Gasteiger partial charge in [-0.1, -0.05) is 23.7 Å². The second-order valence-corrected chi connectivity index (χ2v) is 6.68. The predicted molar refractivity (Wildman–Crippen MR) is 92.0 cm³/mol. The van der Waals surface area contributed by atoms with E-state index in [2.05, 4.69) is 10.3 Å². The van der Waals surface area contributed by atoms with Gasteiger partial charge in [0.15, 0.2) is 5.65 Å². The minimum atomic E-state index is -4.49. The van der Waals surface area contributed by atoms with E-state index in [9.17, 15) is 18.0 Å². The number of nitrogens with zero attached hydrogens (tertiary/aromatic N) is 2. The van der Waals surface area contributed by atoms with Crippen LogP contribution in [0.5, 0.6) is 0 Å². The van der Waals surface area contributed by atoms with Crippen molar-refractivity contribution in [1.82, 2.24) is 9.38 Å². The van der Waals surface area contributed by atoms with Gasteiger partial charge in [0.05, 0.1) is 16.3 Å². The van der Waals surface area contributed by atoms with E-state index in [1.807, 2.05) is 0 Å². The lowest BCUT2D eigenvalue weighted by Crippen LogP contribution is -2.13. The van der Waals surface area contributed by atoms with Crippen molar-refractivity contribution in [2.75, 3.05) is 5.32 Å². The van der Waals surface area contributed by atoms with E-state index in [1.54, 1.807) is 24.3 Å². The molecule has 134 valence electrons. The highest BCUT2D eigenvalue weighted by atomic mass is 35.5.